The number of aliphatic hydroxyl groups excluding tert-OH is 2. The molecule has 0 unspecified atom stereocenters. The third-order valence-electron chi connectivity index (χ3n) is 2.04. The van der Waals surface area contributed by atoms with Crippen molar-refractivity contribution in [3.63, 3.8) is 0 Å². The molecule has 0 heterocycles. The summed E-state index contributed by atoms with van der Waals surface area (Å²) in [5, 5.41) is 18.0. The first-order chi connectivity index (χ1) is 7.34. The van der Waals surface area contributed by atoms with Gasteiger partial charge in [-0.1, -0.05) is 6.92 Å². The molecule has 0 saturated heterocycles. The van der Waals surface area contributed by atoms with Crippen LogP contribution in [0.4, 0.5) is 4.79 Å². The zero-order valence-corrected chi connectivity index (χ0v) is 9.87. The molecule has 1 amide bonds. The fraction of sp³-hybridized carbons (Fsp3) is 0.857. The second-order valence-electron chi connectivity index (χ2n) is 3.15. The molecule has 4 N–H and O–H groups in total. The van der Waals surface area contributed by atoms with Gasteiger partial charge in [-0.3, -0.25) is 0 Å². The zero-order valence-electron chi connectivity index (χ0n) is 9.06. The molecule has 0 radical (unpaired) electrons. The van der Waals surface area contributed by atoms with Gasteiger partial charge in [-0.2, -0.15) is 13.1 Å². The molecular formula is C7H16N2O6S. The van der Waals surface area contributed by atoms with E-state index in [0.717, 1.165) is 7.11 Å². The number of amides is 1. The predicted octanol–water partition coefficient (Wildman–Crippen LogP) is -1.69. The first-order valence-corrected chi connectivity index (χ1v) is 5.94. The third kappa shape index (κ3) is 4.31. The lowest BCUT2D eigenvalue weighted by molar-refractivity contribution is 0.105. The Kier molecular flexibility index (Phi) is 5.65. The molecule has 16 heavy (non-hydrogen) atoms. The summed E-state index contributed by atoms with van der Waals surface area (Å²) in [5.74, 6) is 0. The molecule has 0 spiro atoms. The Balaban J connectivity index is 4.73. The standard InChI is InChI=1S/C7H16N2O6S/c1-3-7(4-10,5-11)9-16(13,14)8-6(12)15-2/h9-11H,3-5H2,1-2H3,(H,8,12). The van der Waals surface area contributed by atoms with E-state index >= 15 is 0 Å². The molecule has 8 nitrogen and oxygen atoms in total. The molecule has 0 atom stereocenters. The molecule has 0 aliphatic rings. The van der Waals surface area contributed by atoms with Crippen LogP contribution in [0.5, 0.6) is 0 Å². The SMILES string of the molecule is CCC(CO)(CO)NS(=O)(=O)NC(=O)OC. The number of rotatable bonds is 6. The van der Waals surface area contributed by atoms with Gasteiger partial charge in [0.15, 0.2) is 0 Å². The number of carbonyl (C=O) groups is 1. The van der Waals surface area contributed by atoms with Gasteiger partial charge in [0, 0.05) is 0 Å². The lowest BCUT2D eigenvalue weighted by Crippen LogP contribution is -2.57. The van der Waals surface area contributed by atoms with Crippen molar-refractivity contribution in [3.05, 3.63) is 0 Å². The van der Waals surface area contributed by atoms with E-state index in [1.54, 1.807) is 11.6 Å². The average molecular weight is 256 g/mol. The quantitative estimate of drug-likeness (QED) is 0.449. The van der Waals surface area contributed by atoms with Crippen molar-refractivity contribution in [2.24, 2.45) is 0 Å². The van der Waals surface area contributed by atoms with Crippen LogP contribution < -0.4 is 9.44 Å². The summed E-state index contributed by atoms with van der Waals surface area (Å²) in [4.78, 5) is 10.7. The highest BCUT2D eigenvalue weighted by Gasteiger charge is 2.32. The van der Waals surface area contributed by atoms with Gasteiger partial charge in [-0.25, -0.2) is 9.52 Å². The summed E-state index contributed by atoms with van der Waals surface area (Å²) in [7, 11) is -3.17. The maximum atomic E-state index is 11.3. The van der Waals surface area contributed by atoms with E-state index < -0.39 is 35.1 Å². The first-order valence-electron chi connectivity index (χ1n) is 4.46. The van der Waals surface area contributed by atoms with E-state index in [4.69, 9.17) is 10.2 Å². The molecule has 0 aromatic heterocycles. The third-order valence-corrected chi connectivity index (χ3v) is 3.17. The number of ether oxygens (including phenoxy) is 1. The highest BCUT2D eigenvalue weighted by atomic mass is 32.2. The van der Waals surface area contributed by atoms with Crippen LogP contribution in [-0.4, -0.2) is 50.6 Å². The first kappa shape index (κ1) is 15.1. The fourth-order valence-corrected chi connectivity index (χ4v) is 2.07. The summed E-state index contributed by atoms with van der Waals surface area (Å²) in [6.45, 7) is 0.386. The maximum Gasteiger partial charge on any atom is 0.421 e. The number of aliphatic hydroxyl groups is 2. The van der Waals surface area contributed by atoms with Crippen molar-refractivity contribution in [3.8, 4) is 0 Å². The van der Waals surface area contributed by atoms with Gasteiger partial charge in [-0.15, -0.1) is 0 Å². The van der Waals surface area contributed by atoms with Crippen molar-refractivity contribution in [1.29, 1.82) is 0 Å². The second kappa shape index (κ2) is 5.99. The van der Waals surface area contributed by atoms with Crippen molar-refractivity contribution in [2.75, 3.05) is 20.3 Å². The molecular weight excluding hydrogens is 240 g/mol. The Morgan fingerprint density at radius 1 is 1.38 bits per heavy atom. The Morgan fingerprint density at radius 2 is 1.88 bits per heavy atom. The lowest BCUT2D eigenvalue weighted by Gasteiger charge is -2.28. The Morgan fingerprint density at radius 3 is 2.19 bits per heavy atom. The monoisotopic (exact) mass is 256 g/mol. The van der Waals surface area contributed by atoms with Crippen LogP contribution in [0.15, 0.2) is 0 Å². The minimum atomic E-state index is -4.18. The number of hydrogen-bond acceptors (Lipinski definition) is 6. The van der Waals surface area contributed by atoms with E-state index in [2.05, 4.69) is 4.74 Å². The lowest BCUT2D eigenvalue weighted by atomic mass is 10.0. The fourth-order valence-electron chi connectivity index (χ4n) is 0.872. The van der Waals surface area contributed by atoms with Crippen LogP contribution in [0.2, 0.25) is 0 Å². The van der Waals surface area contributed by atoms with E-state index in [1.165, 1.54) is 0 Å². The van der Waals surface area contributed by atoms with E-state index in [1.807, 2.05) is 4.72 Å². The number of hydrogen-bond donors (Lipinski definition) is 4. The predicted molar refractivity (Wildman–Crippen MR) is 54.8 cm³/mol. The van der Waals surface area contributed by atoms with Gasteiger partial charge < -0.3 is 14.9 Å². The highest BCUT2D eigenvalue weighted by Crippen LogP contribution is 2.09. The van der Waals surface area contributed by atoms with Crippen molar-refractivity contribution >= 4 is 16.3 Å². The van der Waals surface area contributed by atoms with Crippen LogP contribution in [0.3, 0.4) is 0 Å². The second-order valence-corrected chi connectivity index (χ2v) is 4.56. The van der Waals surface area contributed by atoms with Crippen LogP contribution in [0.25, 0.3) is 0 Å². The number of nitrogens with one attached hydrogen (secondary N) is 2. The van der Waals surface area contributed by atoms with Gasteiger partial charge in [0.25, 0.3) is 0 Å². The summed E-state index contributed by atoms with van der Waals surface area (Å²) >= 11 is 0. The molecule has 0 bridgehead atoms. The van der Waals surface area contributed by atoms with Crippen LogP contribution in [-0.2, 0) is 14.9 Å². The maximum absolute atomic E-state index is 11.3. The molecule has 0 rings (SSSR count). The van der Waals surface area contributed by atoms with Gasteiger partial charge >= 0.3 is 16.3 Å². The molecule has 0 aromatic carbocycles. The van der Waals surface area contributed by atoms with Crippen LogP contribution in [0, 0.1) is 0 Å². The molecule has 96 valence electrons. The molecule has 0 aliphatic heterocycles. The highest BCUT2D eigenvalue weighted by molar-refractivity contribution is 7.88. The van der Waals surface area contributed by atoms with Crippen molar-refractivity contribution in [2.45, 2.75) is 18.9 Å². The van der Waals surface area contributed by atoms with Gasteiger partial charge in [0.1, 0.15) is 0 Å². The smallest absolute Gasteiger partial charge is 0.421 e. The molecule has 9 heteroatoms. The minimum absolute atomic E-state index is 0.155. The van der Waals surface area contributed by atoms with E-state index in [9.17, 15) is 13.2 Å². The number of carbonyl (C=O) groups excluding carboxylic acids is 1. The average Bonchev–Trinajstić information content (AvgIpc) is 2.25. The van der Waals surface area contributed by atoms with E-state index in [-0.39, 0.29) is 6.42 Å². The summed E-state index contributed by atoms with van der Waals surface area (Å²) in [6, 6.07) is 0. The van der Waals surface area contributed by atoms with Crippen LogP contribution in [0.1, 0.15) is 13.3 Å². The molecule has 0 fully saturated rings. The summed E-state index contributed by atoms with van der Waals surface area (Å²) in [6.07, 6.45) is -1.00. The Labute approximate surface area is 93.8 Å². The largest absolute Gasteiger partial charge is 0.452 e. The van der Waals surface area contributed by atoms with Gasteiger partial charge in [0.05, 0.1) is 25.9 Å². The number of methoxy groups -OCH3 is 1. The van der Waals surface area contributed by atoms with E-state index in [0.29, 0.717) is 0 Å². The zero-order chi connectivity index (χ0) is 12.8. The topological polar surface area (TPSA) is 125 Å². The van der Waals surface area contributed by atoms with Gasteiger partial charge in [-0.05, 0) is 6.42 Å². The van der Waals surface area contributed by atoms with Crippen molar-refractivity contribution < 1.29 is 28.2 Å². The summed E-state index contributed by atoms with van der Waals surface area (Å²) in [5.41, 5.74) is -1.40. The Bertz CT molecular complexity index is 316. The van der Waals surface area contributed by atoms with Crippen LogP contribution >= 0.6 is 0 Å². The normalized spacial score (nSPS) is 12.2. The summed E-state index contributed by atoms with van der Waals surface area (Å²) < 4.78 is 30.3. The molecule has 0 aliphatic carbocycles. The minimum Gasteiger partial charge on any atom is -0.452 e. The Hall–Kier alpha value is -0.900. The van der Waals surface area contributed by atoms with Crippen molar-refractivity contribution in [1.82, 2.24) is 9.44 Å². The van der Waals surface area contributed by atoms with Gasteiger partial charge in [0.2, 0.25) is 0 Å². The molecule has 0 aromatic rings. The molecule has 0 saturated carbocycles.